The first-order chi connectivity index (χ1) is 11.3. The number of fused-ring (bicyclic) bond motifs is 3. The number of rotatable bonds is 3. The second kappa shape index (κ2) is 7.21. The zero-order chi connectivity index (χ0) is 15.6. The van der Waals surface area contributed by atoms with E-state index in [1.54, 1.807) is 0 Å². The van der Waals surface area contributed by atoms with Crippen molar-refractivity contribution in [3.8, 4) is 0 Å². The number of para-hydroxylation sites is 1. The topological polar surface area (TPSA) is 63.5 Å². The third kappa shape index (κ3) is 3.38. The molecule has 6 heteroatoms. The van der Waals surface area contributed by atoms with Gasteiger partial charge in [-0.3, -0.25) is 4.79 Å². The van der Waals surface area contributed by atoms with Crippen LogP contribution in [0, 0.1) is 0 Å². The molecular formula is C18H19ClN2O3. The number of benzene rings is 2. The number of carbonyl (C=O) groups is 1. The SMILES string of the molecule is Cl.O=C(CC1COCCN1)Nc1ccc2c(c1)oc1ccccc12. The lowest BCUT2D eigenvalue weighted by molar-refractivity contribution is -0.117. The van der Waals surface area contributed by atoms with Gasteiger partial charge in [0.1, 0.15) is 11.2 Å². The van der Waals surface area contributed by atoms with Crippen LogP contribution in [0.25, 0.3) is 21.9 Å². The molecule has 3 aromatic rings. The highest BCUT2D eigenvalue weighted by atomic mass is 35.5. The number of nitrogens with one attached hydrogen (secondary N) is 2. The number of hydrogen-bond acceptors (Lipinski definition) is 4. The molecule has 0 bridgehead atoms. The molecular weight excluding hydrogens is 328 g/mol. The van der Waals surface area contributed by atoms with E-state index in [0.717, 1.165) is 34.2 Å². The number of anilines is 1. The molecule has 0 saturated carbocycles. The summed E-state index contributed by atoms with van der Waals surface area (Å²) in [6.07, 6.45) is 0.401. The van der Waals surface area contributed by atoms with Crippen LogP contribution in [0.15, 0.2) is 46.9 Å². The van der Waals surface area contributed by atoms with Gasteiger partial charge in [-0.2, -0.15) is 0 Å². The number of morpholine rings is 1. The van der Waals surface area contributed by atoms with Gasteiger partial charge in [-0.05, 0) is 18.2 Å². The van der Waals surface area contributed by atoms with Crippen molar-refractivity contribution in [1.82, 2.24) is 5.32 Å². The van der Waals surface area contributed by atoms with Crippen molar-refractivity contribution in [2.75, 3.05) is 25.1 Å². The molecule has 4 rings (SSSR count). The number of carbonyl (C=O) groups excluding carboxylic acids is 1. The minimum Gasteiger partial charge on any atom is -0.456 e. The number of hydrogen-bond donors (Lipinski definition) is 2. The van der Waals surface area contributed by atoms with Crippen molar-refractivity contribution < 1.29 is 13.9 Å². The van der Waals surface area contributed by atoms with Gasteiger partial charge in [0.25, 0.3) is 0 Å². The van der Waals surface area contributed by atoms with Crippen LogP contribution in [0.2, 0.25) is 0 Å². The molecule has 0 aliphatic carbocycles. The van der Waals surface area contributed by atoms with Gasteiger partial charge < -0.3 is 19.8 Å². The number of furan rings is 1. The molecule has 1 fully saturated rings. The molecule has 1 saturated heterocycles. The van der Waals surface area contributed by atoms with Gasteiger partial charge in [-0.15, -0.1) is 12.4 Å². The normalized spacial score (nSPS) is 17.6. The molecule has 2 N–H and O–H groups in total. The first-order valence-electron chi connectivity index (χ1n) is 7.82. The molecule has 1 aliphatic rings. The van der Waals surface area contributed by atoms with Crippen LogP contribution in [-0.2, 0) is 9.53 Å². The molecule has 2 heterocycles. The highest BCUT2D eigenvalue weighted by Gasteiger charge is 2.17. The second-order valence-corrected chi connectivity index (χ2v) is 5.79. The fourth-order valence-corrected chi connectivity index (χ4v) is 2.99. The van der Waals surface area contributed by atoms with Crippen molar-refractivity contribution in [1.29, 1.82) is 0 Å². The van der Waals surface area contributed by atoms with Crippen LogP contribution in [0.3, 0.4) is 0 Å². The van der Waals surface area contributed by atoms with E-state index in [-0.39, 0.29) is 24.4 Å². The fourth-order valence-electron chi connectivity index (χ4n) is 2.99. The summed E-state index contributed by atoms with van der Waals surface area (Å²) in [6.45, 7) is 2.08. The average molecular weight is 347 g/mol. The molecule has 5 nitrogen and oxygen atoms in total. The minimum atomic E-state index is -0.0246. The van der Waals surface area contributed by atoms with E-state index in [0.29, 0.717) is 19.6 Å². The molecule has 1 aromatic heterocycles. The molecule has 1 amide bonds. The van der Waals surface area contributed by atoms with Gasteiger partial charge >= 0.3 is 0 Å². The van der Waals surface area contributed by atoms with E-state index >= 15 is 0 Å². The molecule has 0 spiro atoms. The Balaban J connectivity index is 0.00000169. The zero-order valence-electron chi connectivity index (χ0n) is 13.1. The van der Waals surface area contributed by atoms with Crippen molar-refractivity contribution in [3.05, 3.63) is 42.5 Å². The quantitative estimate of drug-likeness (QED) is 0.763. The lowest BCUT2D eigenvalue weighted by atomic mass is 10.1. The van der Waals surface area contributed by atoms with Crippen molar-refractivity contribution in [3.63, 3.8) is 0 Å². The summed E-state index contributed by atoms with van der Waals surface area (Å²) in [4.78, 5) is 12.2. The maximum absolute atomic E-state index is 12.2. The Labute approximate surface area is 145 Å². The number of halogens is 1. The fraction of sp³-hybridized carbons (Fsp3) is 0.278. The zero-order valence-corrected chi connectivity index (χ0v) is 13.9. The van der Waals surface area contributed by atoms with Gasteiger partial charge in [0, 0.05) is 41.5 Å². The summed E-state index contributed by atoms with van der Waals surface area (Å²) in [7, 11) is 0. The van der Waals surface area contributed by atoms with Gasteiger partial charge in [0.05, 0.1) is 13.2 Å². The molecule has 126 valence electrons. The third-order valence-corrected chi connectivity index (χ3v) is 4.09. The lowest BCUT2D eigenvalue weighted by Gasteiger charge is -2.23. The van der Waals surface area contributed by atoms with E-state index in [4.69, 9.17) is 9.15 Å². The second-order valence-electron chi connectivity index (χ2n) is 5.79. The van der Waals surface area contributed by atoms with E-state index in [9.17, 15) is 4.79 Å². The molecule has 0 radical (unpaired) electrons. The first kappa shape index (κ1) is 16.8. The smallest absolute Gasteiger partial charge is 0.226 e. The maximum Gasteiger partial charge on any atom is 0.226 e. The predicted octanol–water partition coefficient (Wildman–Crippen LogP) is 3.32. The lowest BCUT2D eigenvalue weighted by Crippen LogP contribution is -2.43. The van der Waals surface area contributed by atoms with Gasteiger partial charge in [0.15, 0.2) is 0 Å². The van der Waals surface area contributed by atoms with Crippen LogP contribution in [0.5, 0.6) is 0 Å². The molecule has 24 heavy (non-hydrogen) atoms. The third-order valence-electron chi connectivity index (χ3n) is 4.09. The van der Waals surface area contributed by atoms with Crippen LogP contribution in [0.4, 0.5) is 5.69 Å². The standard InChI is InChI=1S/C18H18N2O3.ClH/c21-18(10-13-11-22-8-7-19-13)20-12-5-6-15-14-3-1-2-4-16(14)23-17(15)9-12;/h1-6,9,13,19H,7-8,10-11H2,(H,20,21);1H. The summed E-state index contributed by atoms with van der Waals surface area (Å²) < 4.78 is 11.2. The molecule has 1 atom stereocenters. The van der Waals surface area contributed by atoms with Gasteiger partial charge in [0.2, 0.25) is 5.91 Å². The summed E-state index contributed by atoms with van der Waals surface area (Å²) in [5.74, 6) is -0.0246. The van der Waals surface area contributed by atoms with E-state index in [1.165, 1.54) is 0 Å². The Morgan fingerprint density at radius 1 is 1.17 bits per heavy atom. The average Bonchev–Trinajstić information content (AvgIpc) is 2.93. The first-order valence-corrected chi connectivity index (χ1v) is 7.82. The maximum atomic E-state index is 12.2. The monoisotopic (exact) mass is 346 g/mol. The van der Waals surface area contributed by atoms with E-state index < -0.39 is 0 Å². The van der Waals surface area contributed by atoms with Crippen molar-refractivity contribution in [2.24, 2.45) is 0 Å². The van der Waals surface area contributed by atoms with Gasteiger partial charge in [-0.1, -0.05) is 18.2 Å². The summed E-state index contributed by atoms with van der Waals surface area (Å²) in [5.41, 5.74) is 2.39. The van der Waals surface area contributed by atoms with Gasteiger partial charge in [-0.25, -0.2) is 0 Å². The number of amides is 1. The highest BCUT2D eigenvalue weighted by Crippen LogP contribution is 2.30. The van der Waals surface area contributed by atoms with Crippen LogP contribution in [0.1, 0.15) is 6.42 Å². The number of ether oxygens (including phenoxy) is 1. The van der Waals surface area contributed by atoms with E-state index in [1.807, 2.05) is 42.5 Å². The van der Waals surface area contributed by atoms with Crippen molar-refractivity contribution in [2.45, 2.75) is 12.5 Å². The molecule has 1 aliphatic heterocycles. The summed E-state index contributed by atoms with van der Waals surface area (Å²) in [5, 5.41) is 8.35. The van der Waals surface area contributed by atoms with Crippen LogP contribution in [-0.4, -0.2) is 31.7 Å². The van der Waals surface area contributed by atoms with Crippen LogP contribution < -0.4 is 10.6 Å². The summed E-state index contributed by atoms with van der Waals surface area (Å²) >= 11 is 0. The Morgan fingerprint density at radius 3 is 2.83 bits per heavy atom. The van der Waals surface area contributed by atoms with Crippen LogP contribution >= 0.6 is 12.4 Å². The Hall–Kier alpha value is -2.08. The Bertz CT molecular complexity index is 856. The predicted molar refractivity (Wildman–Crippen MR) is 96.8 cm³/mol. The molecule has 2 aromatic carbocycles. The van der Waals surface area contributed by atoms with Crippen molar-refractivity contribution >= 4 is 45.9 Å². The largest absolute Gasteiger partial charge is 0.456 e. The Kier molecular flexibility index (Phi) is 5.04. The summed E-state index contributed by atoms with van der Waals surface area (Å²) in [6, 6.07) is 13.8. The highest BCUT2D eigenvalue weighted by molar-refractivity contribution is 6.06. The Morgan fingerprint density at radius 2 is 2.00 bits per heavy atom. The molecule has 1 unspecified atom stereocenters. The van der Waals surface area contributed by atoms with E-state index in [2.05, 4.69) is 10.6 Å². The minimum absolute atomic E-state index is 0.